The molecule has 1 fully saturated rings. The van der Waals surface area contributed by atoms with Crippen molar-refractivity contribution in [3.8, 4) is 0 Å². The molecule has 0 saturated heterocycles. The lowest BCUT2D eigenvalue weighted by Gasteiger charge is -2.16. The Kier molecular flexibility index (Phi) is 4.61. The second-order valence-corrected chi connectivity index (χ2v) is 5.27. The minimum Gasteiger partial charge on any atom is -0.317 e. The molecule has 0 bridgehead atoms. The summed E-state index contributed by atoms with van der Waals surface area (Å²) in [6, 6.07) is 11.0. The Hall–Kier alpha value is -0.820. The fourth-order valence-corrected chi connectivity index (χ4v) is 2.99. The van der Waals surface area contributed by atoms with Gasteiger partial charge in [-0.2, -0.15) is 0 Å². The third-order valence-electron chi connectivity index (χ3n) is 3.99. The largest absolute Gasteiger partial charge is 0.317 e. The second-order valence-electron chi connectivity index (χ2n) is 5.27. The van der Waals surface area contributed by atoms with E-state index >= 15 is 0 Å². The minimum atomic E-state index is 0.839. The van der Waals surface area contributed by atoms with Crippen LogP contribution in [0.15, 0.2) is 30.3 Å². The summed E-state index contributed by atoms with van der Waals surface area (Å²) in [7, 11) is 0. The van der Waals surface area contributed by atoms with E-state index in [9.17, 15) is 0 Å². The van der Waals surface area contributed by atoms with E-state index in [1.54, 1.807) is 5.56 Å². The van der Waals surface area contributed by atoms with Crippen LogP contribution in [0.4, 0.5) is 0 Å². The Bertz CT molecular complexity index is 320. The molecular formula is C16H25N. The summed E-state index contributed by atoms with van der Waals surface area (Å²) >= 11 is 0. The Morgan fingerprint density at radius 1 is 1.24 bits per heavy atom. The molecule has 17 heavy (non-hydrogen) atoms. The summed E-state index contributed by atoms with van der Waals surface area (Å²) in [5.41, 5.74) is 1.55. The number of rotatable bonds is 7. The third kappa shape index (κ3) is 3.32. The summed E-state index contributed by atoms with van der Waals surface area (Å²) in [5.74, 6) is 2.65. The molecule has 1 saturated carbocycles. The topological polar surface area (TPSA) is 12.0 Å². The molecule has 0 heterocycles. The highest BCUT2D eigenvalue weighted by Crippen LogP contribution is 2.52. The zero-order valence-electron chi connectivity index (χ0n) is 11.2. The van der Waals surface area contributed by atoms with E-state index in [4.69, 9.17) is 0 Å². The van der Waals surface area contributed by atoms with Crippen molar-refractivity contribution in [1.29, 1.82) is 0 Å². The highest BCUT2D eigenvalue weighted by molar-refractivity contribution is 5.26. The maximum atomic E-state index is 3.53. The molecule has 1 aliphatic rings. The van der Waals surface area contributed by atoms with E-state index in [0.29, 0.717) is 0 Å². The van der Waals surface area contributed by atoms with Gasteiger partial charge in [-0.15, -0.1) is 0 Å². The predicted molar refractivity (Wildman–Crippen MR) is 74.2 cm³/mol. The average molecular weight is 231 g/mol. The van der Waals surface area contributed by atoms with Crippen LogP contribution in [0.3, 0.4) is 0 Å². The van der Waals surface area contributed by atoms with Crippen molar-refractivity contribution in [2.24, 2.45) is 11.8 Å². The normalized spacial score (nSPS) is 24.6. The molecule has 1 aromatic rings. The molecule has 1 heteroatoms. The fraction of sp³-hybridized carbons (Fsp3) is 0.625. The summed E-state index contributed by atoms with van der Waals surface area (Å²) in [4.78, 5) is 0. The van der Waals surface area contributed by atoms with Gasteiger partial charge in [-0.3, -0.25) is 0 Å². The molecule has 0 radical (unpaired) electrons. The van der Waals surface area contributed by atoms with Crippen molar-refractivity contribution in [2.45, 2.75) is 39.0 Å². The molecule has 2 rings (SSSR count). The van der Waals surface area contributed by atoms with Crippen molar-refractivity contribution in [1.82, 2.24) is 5.32 Å². The molecule has 94 valence electrons. The highest BCUT2D eigenvalue weighted by Gasteiger charge is 2.42. The molecule has 3 unspecified atom stereocenters. The van der Waals surface area contributed by atoms with Crippen molar-refractivity contribution in [2.75, 3.05) is 13.1 Å². The Balaban J connectivity index is 1.90. The third-order valence-corrected chi connectivity index (χ3v) is 3.99. The summed E-state index contributed by atoms with van der Waals surface area (Å²) in [6.45, 7) is 6.81. The number of nitrogens with one attached hydrogen (secondary N) is 1. The van der Waals surface area contributed by atoms with Crippen molar-refractivity contribution in [3.05, 3.63) is 35.9 Å². The van der Waals surface area contributed by atoms with Gasteiger partial charge in [-0.1, -0.05) is 50.6 Å². The zero-order valence-corrected chi connectivity index (χ0v) is 11.2. The van der Waals surface area contributed by atoms with Crippen LogP contribution in [0, 0.1) is 11.8 Å². The summed E-state index contributed by atoms with van der Waals surface area (Å²) in [5, 5.41) is 3.53. The minimum absolute atomic E-state index is 0.839. The monoisotopic (exact) mass is 231 g/mol. The van der Waals surface area contributed by atoms with E-state index in [1.807, 2.05) is 0 Å². The van der Waals surface area contributed by atoms with Gasteiger partial charge in [0.2, 0.25) is 0 Å². The van der Waals surface area contributed by atoms with Gasteiger partial charge in [0.1, 0.15) is 0 Å². The number of hydrogen-bond donors (Lipinski definition) is 1. The van der Waals surface area contributed by atoms with Crippen LogP contribution in [-0.2, 0) is 0 Å². The molecule has 1 N–H and O–H groups in total. The maximum absolute atomic E-state index is 3.53. The van der Waals surface area contributed by atoms with Crippen LogP contribution in [-0.4, -0.2) is 13.1 Å². The van der Waals surface area contributed by atoms with E-state index in [-0.39, 0.29) is 0 Å². The van der Waals surface area contributed by atoms with E-state index in [0.717, 1.165) is 24.3 Å². The van der Waals surface area contributed by atoms with Gasteiger partial charge in [0.15, 0.2) is 0 Å². The van der Waals surface area contributed by atoms with Crippen LogP contribution in [0.25, 0.3) is 0 Å². The van der Waals surface area contributed by atoms with Gasteiger partial charge in [-0.05, 0) is 49.2 Å². The van der Waals surface area contributed by atoms with Crippen molar-refractivity contribution >= 4 is 0 Å². The first-order valence-corrected chi connectivity index (χ1v) is 7.12. The molecular weight excluding hydrogens is 206 g/mol. The molecule has 1 aromatic carbocycles. The van der Waals surface area contributed by atoms with Crippen molar-refractivity contribution < 1.29 is 0 Å². The van der Waals surface area contributed by atoms with Crippen LogP contribution >= 0.6 is 0 Å². The molecule has 0 amide bonds. The average Bonchev–Trinajstić information content (AvgIpc) is 3.16. The fourth-order valence-electron chi connectivity index (χ4n) is 2.99. The van der Waals surface area contributed by atoms with Gasteiger partial charge >= 0.3 is 0 Å². The molecule has 1 aliphatic carbocycles. The van der Waals surface area contributed by atoms with E-state index < -0.39 is 0 Å². The van der Waals surface area contributed by atoms with Crippen LogP contribution < -0.4 is 5.32 Å². The molecule has 0 spiro atoms. The van der Waals surface area contributed by atoms with Crippen molar-refractivity contribution in [3.63, 3.8) is 0 Å². The lowest BCUT2D eigenvalue weighted by Crippen LogP contribution is -2.24. The summed E-state index contributed by atoms with van der Waals surface area (Å²) in [6.07, 6.45) is 4.09. The van der Waals surface area contributed by atoms with E-state index in [1.165, 1.54) is 25.8 Å². The Morgan fingerprint density at radius 2 is 2.00 bits per heavy atom. The van der Waals surface area contributed by atoms with Gasteiger partial charge in [0.25, 0.3) is 0 Å². The Morgan fingerprint density at radius 3 is 2.65 bits per heavy atom. The van der Waals surface area contributed by atoms with Crippen LogP contribution in [0.5, 0.6) is 0 Å². The second kappa shape index (κ2) is 6.20. The maximum Gasteiger partial charge on any atom is -0.00178 e. The lowest BCUT2D eigenvalue weighted by atomic mass is 9.94. The molecule has 1 nitrogen and oxygen atoms in total. The zero-order chi connectivity index (χ0) is 12.1. The quantitative estimate of drug-likeness (QED) is 0.752. The SMILES string of the molecule is CCCC(CNCC)C1CC1c1ccccc1. The van der Waals surface area contributed by atoms with Gasteiger partial charge < -0.3 is 5.32 Å². The molecule has 0 aliphatic heterocycles. The van der Waals surface area contributed by atoms with Crippen LogP contribution in [0.2, 0.25) is 0 Å². The predicted octanol–water partition coefficient (Wildman–Crippen LogP) is 3.82. The molecule has 3 atom stereocenters. The number of hydrogen-bond acceptors (Lipinski definition) is 1. The van der Waals surface area contributed by atoms with Gasteiger partial charge in [-0.25, -0.2) is 0 Å². The summed E-state index contributed by atoms with van der Waals surface area (Å²) < 4.78 is 0. The van der Waals surface area contributed by atoms with Gasteiger partial charge in [0.05, 0.1) is 0 Å². The number of benzene rings is 1. The first kappa shape index (κ1) is 12.6. The molecule has 0 aromatic heterocycles. The van der Waals surface area contributed by atoms with Crippen LogP contribution in [0.1, 0.15) is 44.6 Å². The smallest absolute Gasteiger partial charge is 0.00178 e. The first-order chi connectivity index (χ1) is 8.36. The van der Waals surface area contributed by atoms with E-state index in [2.05, 4.69) is 49.5 Å². The highest BCUT2D eigenvalue weighted by atomic mass is 14.9. The Labute approximate surface area is 106 Å². The standard InChI is InChI=1S/C16H25N/c1-3-8-14(12-17-4-2)16-11-15(16)13-9-6-5-7-10-13/h5-7,9-10,14-17H,3-4,8,11-12H2,1-2H3. The lowest BCUT2D eigenvalue weighted by molar-refractivity contribution is 0.393. The van der Waals surface area contributed by atoms with Gasteiger partial charge in [0, 0.05) is 0 Å². The first-order valence-electron chi connectivity index (χ1n) is 7.12.